The van der Waals surface area contributed by atoms with Crippen molar-refractivity contribution in [3.05, 3.63) is 17.9 Å². The summed E-state index contributed by atoms with van der Waals surface area (Å²) in [5, 5.41) is 8.82. The number of amides is 2. The Hall–Kier alpha value is -2.84. The van der Waals surface area contributed by atoms with Crippen molar-refractivity contribution in [3.8, 4) is 11.6 Å². The van der Waals surface area contributed by atoms with Crippen LogP contribution in [0.3, 0.4) is 0 Å². The second-order valence-corrected chi connectivity index (χ2v) is 8.35. The largest absolute Gasteiger partial charge is 0.458 e. The second kappa shape index (κ2) is 9.32. The predicted molar refractivity (Wildman–Crippen MR) is 114 cm³/mol. The van der Waals surface area contributed by atoms with Gasteiger partial charge in [-0.25, -0.2) is 0 Å². The average Bonchev–Trinajstić information content (AvgIpc) is 3.32. The zero-order chi connectivity index (χ0) is 21.8. The molecule has 0 radical (unpaired) electrons. The molecule has 0 saturated carbocycles. The lowest BCUT2D eigenvalue weighted by atomic mass is 9.93. The van der Waals surface area contributed by atoms with E-state index >= 15 is 0 Å². The maximum absolute atomic E-state index is 12.2. The van der Waals surface area contributed by atoms with Gasteiger partial charge in [0.1, 0.15) is 5.76 Å². The van der Waals surface area contributed by atoms with Gasteiger partial charge in [-0.05, 0) is 37.8 Å². The Morgan fingerprint density at radius 3 is 2.30 bits per heavy atom. The van der Waals surface area contributed by atoms with Crippen molar-refractivity contribution in [1.29, 1.82) is 0 Å². The summed E-state index contributed by atoms with van der Waals surface area (Å²) in [6, 6.07) is 3.78. The number of carbonyl (C=O) groups excluding carboxylic acids is 2. The van der Waals surface area contributed by atoms with E-state index in [0.717, 1.165) is 37.6 Å². The third kappa shape index (κ3) is 5.01. The molecule has 0 spiro atoms. The van der Waals surface area contributed by atoms with E-state index in [1.54, 1.807) is 38.0 Å². The van der Waals surface area contributed by atoms with Gasteiger partial charge in [0.15, 0.2) is 5.76 Å². The van der Waals surface area contributed by atoms with Crippen molar-refractivity contribution in [2.24, 2.45) is 5.92 Å². The molecule has 0 atom stereocenters. The van der Waals surface area contributed by atoms with E-state index < -0.39 is 0 Å². The molecular formula is C21H32N6O3. The van der Waals surface area contributed by atoms with Crippen LogP contribution in [-0.2, 0) is 16.1 Å². The van der Waals surface area contributed by atoms with Gasteiger partial charge in [0.25, 0.3) is 0 Å². The zero-order valence-corrected chi connectivity index (χ0v) is 18.6. The summed E-state index contributed by atoms with van der Waals surface area (Å²) < 4.78 is 7.75. The quantitative estimate of drug-likeness (QED) is 0.686. The standard InChI is InChI=1S/C21H32N6O3/c1-15-6-7-17(30-15)20-22-23-21(27(20)13-10-18(28)24(2)3)26-11-8-16(9-12-26)14-19(29)25(4)5/h6-7,16H,8-14H2,1-5H3. The number of aromatic nitrogens is 3. The molecule has 30 heavy (non-hydrogen) atoms. The minimum absolute atomic E-state index is 0.0529. The van der Waals surface area contributed by atoms with Crippen molar-refractivity contribution in [1.82, 2.24) is 24.6 Å². The van der Waals surface area contributed by atoms with Gasteiger partial charge >= 0.3 is 0 Å². The van der Waals surface area contributed by atoms with Crippen molar-refractivity contribution in [3.63, 3.8) is 0 Å². The number of piperidine rings is 1. The predicted octanol–water partition coefficient (Wildman–Crippen LogP) is 2.02. The number of carbonyl (C=O) groups is 2. The monoisotopic (exact) mass is 416 g/mol. The van der Waals surface area contributed by atoms with Gasteiger partial charge in [-0.2, -0.15) is 0 Å². The molecular weight excluding hydrogens is 384 g/mol. The summed E-state index contributed by atoms with van der Waals surface area (Å²) in [4.78, 5) is 29.6. The SMILES string of the molecule is Cc1ccc(-c2nnc(N3CCC(CC(=O)N(C)C)CC3)n2CCC(=O)N(C)C)o1. The summed E-state index contributed by atoms with van der Waals surface area (Å²) in [5.74, 6) is 3.45. The zero-order valence-electron chi connectivity index (χ0n) is 18.6. The molecule has 2 aromatic heterocycles. The van der Waals surface area contributed by atoms with E-state index in [-0.39, 0.29) is 11.8 Å². The molecule has 0 N–H and O–H groups in total. The molecule has 0 unspecified atom stereocenters. The Labute approximate surface area is 177 Å². The van der Waals surface area contributed by atoms with E-state index in [1.807, 2.05) is 23.6 Å². The highest BCUT2D eigenvalue weighted by Gasteiger charge is 2.27. The molecule has 9 nitrogen and oxygen atoms in total. The fraction of sp³-hybridized carbons (Fsp3) is 0.619. The molecule has 1 saturated heterocycles. The Morgan fingerprint density at radius 1 is 1.07 bits per heavy atom. The minimum Gasteiger partial charge on any atom is -0.458 e. The average molecular weight is 417 g/mol. The molecule has 0 aliphatic carbocycles. The van der Waals surface area contributed by atoms with E-state index in [2.05, 4.69) is 15.1 Å². The fourth-order valence-electron chi connectivity index (χ4n) is 3.67. The van der Waals surface area contributed by atoms with E-state index in [4.69, 9.17) is 4.42 Å². The first kappa shape index (κ1) is 21.9. The Balaban J connectivity index is 1.76. The maximum atomic E-state index is 12.2. The van der Waals surface area contributed by atoms with Gasteiger partial charge in [-0.3, -0.25) is 14.2 Å². The van der Waals surface area contributed by atoms with Gasteiger partial charge in [0, 0.05) is 60.7 Å². The maximum Gasteiger partial charge on any atom is 0.227 e. The van der Waals surface area contributed by atoms with Gasteiger partial charge in [0.2, 0.25) is 23.6 Å². The second-order valence-electron chi connectivity index (χ2n) is 8.35. The number of rotatable bonds is 7. The lowest BCUT2D eigenvalue weighted by Gasteiger charge is -2.32. The Bertz CT molecular complexity index is 877. The van der Waals surface area contributed by atoms with Crippen molar-refractivity contribution in [2.45, 2.75) is 39.2 Å². The van der Waals surface area contributed by atoms with Crippen molar-refractivity contribution in [2.75, 3.05) is 46.2 Å². The minimum atomic E-state index is 0.0529. The lowest BCUT2D eigenvalue weighted by molar-refractivity contribution is -0.130. The van der Waals surface area contributed by atoms with Crippen LogP contribution < -0.4 is 4.90 Å². The third-order valence-electron chi connectivity index (χ3n) is 5.60. The number of hydrogen-bond acceptors (Lipinski definition) is 6. The van der Waals surface area contributed by atoms with E-state index in [9.17, 15) is 9.59 Å². The molecule has 3 heterocycles. The van der Waals surface area contributed by atoms with E-state index in [0.29, 0.717) is 36.9 Å². The smallest absolute Gasteiger partial charge is 0.227 e. The summed E-state index contributed by atoms with van der Waals surface area (Å²) in [7, 11) is 7.11. The van der Waals surface area contributed by atoms with Gasteiger partial charge in [0.05, 0.1) is 0 Å². The molecule has 2 amide bonds. The summed E-state index contributed by atoms with van der Waals surface area (Å²) in [5.41, 5.74) is 0. The molecule has 0 aromatic carbocycles. The highest BCUT2D eigenvalue weighted by Crippen LogP contribution is 2.29. The van der Waals surface area contributed by atoms with Gasteiger partial charge in [-0.15, -0.1) is 10.2 Å². The number of hydrogen-bond donors (Lipinski definition) is 0. The van der Waals surface area contributed by atoms with Crippen LogP contribution in [0, 0.1) is 12.8 Å². The van der Waals surface area contributed by atoms with Crippen LogP contribution in [-0.4, -0.2) is 77.7 Å². The van der Waals surface area contributed by atoms with Crippen LogP contribution in [0.5, 0.6) is 0 Å². The molecule has 1 aliphatic rings. The molecule has 0 bridgehead atoms. The highest BCUT2D eigenvalue weighted by atomic mass is 16.3. The number of nitrogens with zero attached hydrogens (tertiary/aromatic N) is 6. The highest BCUT2D eigenvalue weighted by molar-refractivity contribution is 5.76. The first-order valence-electron chi connectivity index (χ1n) is 10.4. The van der Waals surface area contributed by atoms with Crippen LogP contribution in [0.15, 0.2) is 16.5 Å². The third-order valence-corrected chi connectivity index (χ3v) is 5.60. The normalized spacial score (nSPS) is 14.8. The molecule has 3 rings (SSSR count). The molecule has 1 fully saturated rings. The summed E-state index contributed by atoms with van der Waals surface area (Å²) in [6.45, 7) is 3.98. The van der Waals surface area contributed by atoms with Crippen LogP contribution in [0.2, 0.25) is 0 Å². The Morgan fingerprint density at radius 2 is 1.73 bits per heavy atom. The molecule has 1 aliphatic heterocycles. The lowest BCUT2D eigenvalue weighted by Crippen LogP contribution is -2.37. The fourth-order valence-corrected chi connectivity index (χ4v) is 3.67. The summed E-state index contributed by atoms with van der Waals surface area (Å²) >= 11 is 0. The number of aryl methyl sites for hydroxylation is 1. The van der Waals surface area contributed by atoms with Crippen molar-refractivity contribution < 1.29 is 14.0 Å². The Kier molecular flexibility index (Phi) is 6.79. The first-order valence-corrected chi connectivity index (χ1v) is 10.4. The number of anilines is 1. The van der Waals surface area contributed by atoms with Crippen molar-refractivity contribution >= 4 is 17.8 Å². The van der Waals surface area contributed by atoms with Crippen LogP contribution in [0.4, 0.5) is 5.95 Å². The van der Waals surface area contributed by atoms with E-state index in [1.165, 1.54) is 0 Å². The van der Waals surface area contributed by atoms with Gasteiger partial charge < -0.3 is 19.1 Å². The summed E-state index contributed by atoms with van der Waals surface area (Å²) in [6.07, 6.45) is 2.80. The molecule has 9 heteroatoms. The molecule has 2 aromatic rings. The van der Waals surface area contributed by atoms with Crippen LogP contribution in [0.25, 0.3) is 11.6 Å². The van der Waals surface area contributed by atoms with Gasteiger partial charge in [-0.1, -0.05) is 0 Å². The molecule has 164 valence electrons. The van der Waals surface area contributed by atoms with Crippen LogP contribution in [0.1, 0.15) is 31.4 Å². The topological polar surface area (TPSA) is 87.7 Å². The van der Waals surface area contributed by atoms with Crippen LogP contribution >= 0.6 is 0 Å². The first-order chi connectivity index (χ1) is 14.3. The number of furan rings is 1.